The van der Waals surface area contributed by atoms with Crippen LogP contribution in [0.2, 0.25) is 0 Å². The van der Waals surface area contributed by atoms with Crippen molar-refractivity contribution in [1.29, 1.82) is 0 Å². The van der Waals surface area contributed by atoms with Gasteiger partial charge >= 0.3 is 0 Å². The monoisotopic (exact) mass is 864 g/mol. The molecule has 0 aliphatic carbocycles. The van der Waals surface area contributed by atoms with Gasteiger partial charge in [-0.1, -0.05) is 24.3 Å². The highest BCUT2D eigenvalue weighted by Crippen LogP contribution is 2.44. The lowest BCUT2D eigenvalue weighted by Gasteiger charge is -2.24. The fourth-order valence-electron chi connectivity index (χ4n) is 6.21. The Morgan fingerprint density at radius 1 is 0.508 bits per heavy atom. The quantitative estimate of drug-likeness (QED) is 0.0802. The fraction of sp³-hybridized carbons (Fsp3) is 0.318. The zero-order chi connectivity index (χ0) is 45.0. The van der Waals surface area contributed by atoms with Gasteiger partial charge in [0, 0.05) is 24.3 Å². The third-order valence-electron chi connectivity index (χ3n) is 9.47. The second-order valence-corrected chi connectivity index (χ2v) is 15.5. The smallest absolute Gasteiger partial charge is 0.253 e. The number of carbonyl (C=O) groups excluding carboxylic acids is 2. The Hall–Kier alpha value is -6.43. The number of rotatable bonds is 20. The first-order valence-corrected chi connectivity index (χ1v) is 20.2. The van der Waals surface area contributed by atoms with Gasteiger partial charge in [0.15, 0.2) is 9.84 Å². The topological polar surface area (TPSA) is 207 Å². The average molecular weight is 865 g/mol. The molecule has 0 radical (unpaired) electrons. The van der Waals surface area contributed by atoms with Gasteiger partial charge in [-0.3, -0.25) is 9.59 Å². The maximum atomic E-state index is 15.7. The van der Waals surface area contributed by atoms with E-state index in [-0.39, 0.29) is 34.0 Å². The molecule has 0 fully saturated rings. The highest BCUT2D eigenvalue weighted by Gasteiger charge is 2.35. The molecule has 4 atom stereocenters. The van der Waals surface area contributed by atoms with Crippen LogP contribution in [0.5, 0.6) is 46.0 Å². The summed E-state index contributed by atoms with van der Waals surface area (Å²) in [6, 6.07) is 15.4. The molecule has 0 aromatic heterocycles. The standard InChI is InChI=1S/C44H52N2O14S/c1-25(47)43(49)45-33-19-27(11-15-35(33)55-5)41(17-13-31-37(57-7)21-29(53-3)22-38(31)58-8)61(51,52)42(18-14-32-39(59-9)23-30(54-4)24-40(32)60-10)28-12-16-36(56-6)34(20-28)46-44(50)26(2)48/h11-26,41-42,47-48H,1-10H3,(H,45,49)(H,46,50). The molecule has 0 saturated heterocycles. The van der Waals surface area contributed by atoms with E-state index in [1.165, 1.54) is 131 Å². The van der Waals surface area contributed by atoms with E-state index >= 15 is 8.42 Å². The number of amides is 2. The highest BCUT2D eigenvalue weighted by atomic mass is 32.2. The Labute approximate surface area is 355 Å². The summed E-state index contributed by atoms with van der Waals surface area (Å²) in [5, 5.41) is 22.2. The Morgan fingerprint density at radius 2 is 0.820 bits per heavy atom. The zero-order valence-electron chi connectivity index (χ0n) is 35.6. The fourth-order valence-corrected chi connectivity index (χ4v) is 8.18. The summed E-state index contributed by atoms with van der Waals surface area (Å²) in [5.74, 6) is 0.975. The molecule has 4 aromatic rings. The number of aliphatic hydroxyl groups excluding tert-OH is 2. The minimum Gasteiger partial charge on any atom is -0.496 e. The number of carbonyl (C=O) groups is 2. The van der Waals surface area contributed by atoms with Crippen molar-refractivity contribution >= 4 is 45.2 Å². The van der Waals surface area contributed by atoms with Gasteiger partial charge in [-0.15, -0.1) is 0 Å². The summed E-state index contributed by atoms with van der Waals surface area (Å²) in [6.45, 7) is 2.57. The van der Waals surface area contributed by atoms with Crippen molar-refractivity contribution in [3.8, 4) is 46.0 Å². The molecular weight excluding hydrogens is 813 g/mol. The number of anilines is 2. The summed E-state index contributed by atoms with van der Waals surface area (Å²) in [6.07, 6.45) is 3.16. The summed E-state index contributed by atoms with van der Waals surface area (Å²) in [5.41, 5.74) is 1.30. The minimum atomic E-state index is -4.57. The van der Waals surface area contributed by atoms with Crippen molar-refractivity contribution in [1.82, 2.24) is 0 Å². The molecule has 0 aliphatic rings. The van der Waals surface area contributed by atoms with Gasteiger partial charge in [-0.25, -0.2) is 8.42 Å². The van der Waals surface area contributed by atoms with Crippen LogP contribution >= 0.6 is 0 Å². The number of hydrogen-bond acceptors (Lipinski definition) is 14. The molecule has 328 valence electrons. The van der Waals surface area contributed by atoms with Crippen molar-refractivity contribution in [2.75, 3.05) is 67.5 Å². The third kappa shape index (κ3) is 11.0. The van der Waals surface area contributed by atoms with E-state index in [9.17, 15) is 19.8 Å². The molecule has 2 amide bonds. The van der Waals surface area contributed by atoms with Gasteiger partial charge in [0.25, 0.3) is 11.8 Å². The van der Waals surface area contributed by atoms with Crippen LogP contribution in [0.4, 0.5) is 11.4 Å². The lowest BCUT2D eigenvalue weighted by atomic mass is 10.1. The molecule has 4 N–H and O–H groups in total. The molecule has 0 heterocycles. The van der Waals surface area contributed by atoms with E-state index in [4.69, 9.17) is 37.9 Å². The zero-order valence-corrected chi connectivity index (χ0v) is 36.4. The molecule has 0 aliphatic heterocycles. The summed E-state index contributed by atoms with van der Waals surface area (Å²) in [7, 11) is 6.93. The summed E-state index contributed by atoms with van der Waals surface area (Å²) >= 11 is 0. The normalized spacial score (nSPS) is 13.4. The molecule has 0 spiro atoms. The lowest BCUT2D eigenvalue weighted by Crippen LogP contribution is -2.25. The van der Waals surface area contributed by atoms with E-state index in [1.54, 1.807) is 24.3 Å². The predicted octanol–water partition coefficient (Wildman–Crippen LogP) is 6.02. The highest BCUT2D eigenvalue weighted by molar-refractivity contribution is 7.92. The van der Waals surface area contributed by atoms with Crippen molar-refractivity contribution < 1.29 is 66.1 Å². The van der Waals surface area contributed by atoms with Gasteiger partial charge in [-0.05, 0) is 61.4 Å². The van der Waals surface area contributed by atoms with Crippen LogP contribution in [-0.2, 0) is 19.4 Å². The van der Waals surface area contributed by atoms with Crippen LogP contribution in [-0.4, -0.2) is 99.5 Å². The van der Waals surface area contributed by atoms with Gasteiger partial charge in [0.1, 0.15) is 68.7 Å². The number of sulfone groups is 1. The van der Waals surface area contributed by atoms with Crippen molar-refractivity contribution in [3.05, 3.63) is 95.1 Å². The second-order valence-electron chi connectivity index (χ2n) is 13.3. The molecule has 0 saturated carbocycles. The largest absolute Gasteiger partial charge is 0.496 e. The van der Waals surface area contributed by atoms with E-state index in [0.717, 1.165) is 0 Å². The molecule has 0 bridgehead atoms. The number of hydrogen-bond donors (Lipinski definition) is 4. The number of nitrogens with one attached hydrogen (secondary N) is 2. The van der Waals surface area contributed by atoms with Gasteiger partial charge in [-0.2, -0.15) is 0 Å². The van der Waals surface area contributed by atoms with E-state index < -0.39 is 44.4 Å². The first-order valence-electron chi connectivity index (χ1n) is 18.6. The molecule has 4 aromatic carbocycles. The minimum absolute atomic E-state index is 0.0893. The van der Waals surface area contributed by atoms with Gasteiger partial charge < -0.3 is 58.7 Å². The first kappa shape index (κ1) is 47.3. The van der Waals surface area contributed by atoms with E-state index in [0.29, 0.717) is 45.6 Å². The number of benzene rings is 4. The summed E-state index contributed by atoms with van der Waals surface area (Å²) in [4.78, 5) is 25.5. The van der Waals surface area contributed by atoms with Crippen LogP contribution in [0.25, 0.3) is 12.2 Å². The van der Waals surface area contributed by atoms with Crippen LogP contribution in [0.1, 0.15) is 46.6 Å². The van der Waals surface area contributed by atoms with Crippen LogP contribution in [0.15, 0.2) is 72.8 Å². The molecule has 16 nitrogen and oxygen atoms in total. The maximum Gasteiger partial charge on any atom is 0.253 e. The van der Waals surface area contributed by atoms with Crippen LogP contribution in [0, 0.1) is 0 Å². The Balaban J connectivity index is 2.11. The number of methoxy groups -OCH3 is 8. The van der Waals surface area contributed by atoms with Crippen molar-refractivity contribution in [3.63, 3.8) is 0 Å². The predicted molar refractivity (Wildman–Crippen MR) is 231 cm³/mol. The first-order chi connectivity index (χ1) is 29.1. The van der Waals surface area contributed by atoms with Crippen LogP contribution < -0.4 is 48.5 Å². The van der Waals surface area contributed by atoms with Crippen LogP contribution in [0.3, 0.4) is 0 Å². The molecular formula is C44H52N2O14S. The Bertz CT molecular complexity index is 2150. The lowest BCUT2D eigenvalue weighted by molar-refractivity contribution is -0.123. The maximum absolute atomic E-state index is 15.7. The van der Waals surface area contributed by atoms with Gasteiger partial charge in [0.2, 0.25) is 0 Å². The molecule has 4 unspecified atom stereocenters. The third-order valence-corrected chi connectivity index (χ3v) is 11.7. The van der Waals surface area contributed by atoms with E-state index in [2.05, 4.69) is 10.6 Å². The van der Waals surface area contributed by atoms with Crippen molar-refractivity contribution in [2.24, 2.45) is 0 Å². The average Bonchev–Trinajstić information content (AvgIpc) is 3.25. The van der Waals surface area contributed by atoms with Crippen molar-refractivity contribution in [2.45, 2.75) is 36.6 Å². The van der Waals surface area contributed by atoms with E-state index in [1.807, 2.05) is 0 Å². The SMILES string of the molecule is COc1cc(OC)c(C=CC(c2ccc(OC)c(NC(=O)C(C)O)c2)S(=O)(=O)C(C=Cc2c(OC)cc(OC)cc2OC)c2ccc(OC)c(NC(=O)C(C)O)c2)c(OC)c1. The molecule has 4 rings (SSSR count). The second kappa shape index (κ2) is 21.2. The number of aliphatic hydroxyl groups is 2. The Morgan fingerprint density at radius 3 is 1.08 bits per heavy atom. The molecule has 17 heteroatoms. The molecule has 61 heavy (non-hydrogen) atoms. The Kier molecular flexibility index (Phi) is 16.4. The summed E-state index contributed by atoms with van der Waals surface area (Å²) < 4.78 is 75.9. The van der Waals surface area contributed by atoms with Gasteiger partial charge in [0.05, 0.1) is 79.4 Å². The number of ether oxygens (including phenoxy) is 8.